The summed E-state index contributed by atoms with van der Waals surface area (Å²) in [5.74, 6) is -1.82. The average molecular weight is 291 g/mol. The number of carboxylic acids is 1. The van der Waals surface area contributed by atoms with Crippen LogP contribution in [0.1, 0.15) is 46.0 Å². The van der Waals surface area contributed by atoms with Crippen molar-refractivity contribution in [3.63, 3.8) is 0 Å². The van der Waals surface area contributed by atoms with Gasteiger partial charge >= 0.3 is 5.97 Å². The number of carboxylic acid groups (broad SMARTS) is 1. The third kappa shape index (κ3) is 3.68. The summed E-state index contributed by atoms with van der Waals surface area (Å²) >= 11 is 0. The van der Waals surface area contributed by atoms with E-state index in [0.29, 0.717) is 19.3 Å². The summed E-state index contributed by atoms with van der Waals surface area (Å²) in [6, 6.07) is 0. The average Bonchev–Trinajstić information content (AvgIpc) is 2.28. The zero-order chi connectivity index (χ0) is 14.7. The molecule has 0 aromatic rings. The molecule has 0 aromatic heterocycles. The first-order chi connectivity index (χ1) is 8.73. The molecule has 2 N–H and O–H groups in total. The molecule has 2 unspecified atom stereocenters. The molecule has 19 heavy (non-hydrogen) atoms. The van der Waals surface area contributed by atoms with Crippen LogP contribution in [-0.4, -0.2) is 41.9 Å². The number of aliphatic carboxylic acids is 1. The van der Waals surface area contributed by atoms with Gasteiger partial charge < -0.3 is 10.4 Å². The maximum absolute atomic E-state index is 12.1. The number of carbonyl (C=O) groups excluding carboxylic acids is 1. The smallest absolute Gasteiger partial charge is 0.329 e. The van der Waals surface area contributed by atoms with Crippen molar-refractivity contribution in [2.75, 3.05) is 5.75 Å². The quantitative estimate of drug-likeness (QED) is 0.777. The largest absolute Gasteiger partial charge is 0.480 e. The van der Waals surface area contributed by atoms with E-state index >= 15 is 0 Å². The normalized spacial score (nSPS) is 25.3. The Morgan fingerprint density at radius 1 is 1.37 bits per heavy atom. The molecule has 0 spiro atoms. The van der Waals surface area contributed by atoms with Crippen LogP contribution >= 0.6 is 0 Å². The highest BCUT2D eigenvalue weighted by molar-refractivity contribution is 7.92. The van der Waals surface area contributed by atoms with E-state index in [2.05, 4.69) is 5.32 Å². The van der Waals surface area contributed by atoms with E-state index in [4.69, 9.17) is 0 Å². The van der Waals surface area contributed by atoms with Crippen LogP contribution in [-0.2, 0) is 19.4 Å². The Labute approximate surface area is 113 Å². The molecule has 1 aliphatic heterocycles. The van der Waals surface area contributed by atoms with E-state index in [9.17, 15) is 23.1 Å². The van der Waals surface area contributed by atoms with Crippen LogP contribution in [0.3, 0.4) is 0 Å². The van der Waals surface area contributed by atoms with Crippen molar-refractivity contribution in [3.05, 3.63) is 0 Å². The Balaban J connectivity index is 2.85. The summed E-state index contributed by atoms with van der Waals surface area (Å²) in [4.78, 5) is 23.3. The van der Waals surface area contributed by atoms with Gasteiger partial charge in [0, 0.05) is 0 Å². The molecule has 0 saturated carbocycles. The van der Waals surface area contributed by atoms with E-state index < -0.39 is 32.5 Å². The summed E-state index contributed by atoms with van der Waals surface area (Å²) in [5, 5.41) is 10.5. The maximum Gasteiger partial charge on any atom is 0.329 e. The molecule has 110 valence electrons. The third-order valence-corrected chi connectivity index (χ3v) is 5.67. The molecule has 1 rings (SSSR count). The minimum atomic E-state index is -3.44. The second kappa shape index (κ2) is 5.90. The van der Waals surface area contributed by atoms with Crippen LogP contribution < -0.4 is 5.32 Å². The fourth-order valence-electron chi connectivity index (χ4n) is 2.32. The molecule has 1 heterocycles. The maximum atomic E-state index is 12.1. The fourth-order valence-corrected chi connectivity index (χ4v) is 4.13. The number of nitrogens with one attached hydrogen (secondary N) is 1. The van der Waals surface area contributed by atoms with Gasteiger partial charge in [0.15, 0.2) is 9.84 Å². The van der Waals surface area contributed by atoms with Crippen LogP contribution in [0.4, 0.5) is 0 Å². The fraction of sp³-hybridized carbons (Fsp3) is 0.833. The number of hydrogen-bond acceptors (Lipinski definition) is 4. The van der Waals surface area contributed by atoms with E-state index in [-0.39, 0.29) is 18.6 Å². The number of amides is 1. The molecule has 1 fully saturated rings. The van der Waals surface area contributed by atoms with Crippen LogP contribution in [0.25, 0.3) is 0 Å². The first-order valence-corrected chi connectivity index (χ1v) is 8.21. The lowest BCUT2D eigenvalue weighted by atomic mass is 9.96. The van der Waals surface area contributed by atoms with Crippen molar-refractivity contribution in [2.45, 2.75) is 56.7 Å². The van der Waals surface area contributed by atoms with Gasteiger partial charge in [-0.15, -0.1) is 0 Å². The standard InChI is InChI=1S/C12H21NO5S/c1-3-7-12(2,11(15)16)13-10(14)9-6-4-5-8-19(9,17)18/h9H,3-8H2,1-2H3,(H,13,14)(H,15,16). The second-order valence-corrected chi connectivity index (χ2v) is 7.53. The molecule has 0 bridgehead atoms. The highest BCUT2D eigenvalue weighted by Crippen LogP contribution is 2.21. The Kier molecular flexibility index (Phi) is 4.95. The zero-order valence-electron chi connectivity index (χ0n) is 11.3. The predicted molar refractivity (Wildman–Crippen MR) is 70.5 cm³/mol. The van der Waals surface area contributed by atoms with Gasteiger partial charge in [0.2, 0.25) is 5.91 Å². The number of hydrogen-bond donors (Lipinski definition) is 2. The van der Waals surface area contributed by atoms with E-state index in [1.807, 2.05) is 6.92 Å². The monoisotopic (exact) mass is 291 g/mol. The Morgan fingerprint density at radius 3 is 2.47 bits per heavy atom. The summed E-state index contributed by atoms with van der Waals surface area (Å²) in [5.41, 5.74) is -1.40. The van der Waals surface area contributed by atoms with Crippen LogP contribution in [0.2, 0.25) is 0 Å². The lowest BCUT2D eigenvalue weighted by molar-refractivity contribution is -0.147. The summed E-state index contributed by atoms with van der Waals surface area (Å²) in [6.07, 6.45) is 2.36. The molecule has 1 saturated heterocycles. The van der Waals surface area contributed by atoms with E-state index in [1.165, 1.54) is 6.92 Å². The molecule has 1 amide bonds. The zero-order valence-corrected chi connectivity index (χ0v) is 12.1. The predicted octanol–water partition coefficient (Wildman–Crippen LogP) is 0.713. The molecule has 1 aliphatic rings. The van der Waals surface area contributed by atoms with Gasteiger partial charge in [-0.3, -0.25) is 4.79 Å². The molecule has 0 aromatic carbocycles. The first kappa shape index (κ1) is 15.9. The topological polar surface area (TPSA) is 101 Å². The second-order valence-electron chi connectivity index (χ2n) is 5.23. The van der Waals surface area contributed by atoms with E-state index in [1.54, 1.807) is 0 Å². The first-order valence-electron chi connectivity index (χ1n) is 6.50. The summed E-state index contributed by atoms with van der Waals surface area (Å²) in [6.45, 7) is 3.22. The van der Waals surface area contributed by atoms with Gasteiger partial charge in [-0.25, -0.2) is 13.2 Å². The molecule has 7 heteroatoms. The SMILES string of the molecule is CCCC(C)(NC(=O)C1CCCCS1(=O)=O)C(=O)O. The third-order valence-electron chi connectivity index (χ3n) is 3.49. The van der Waals surface area contributed by atoms with Crippen LogP contribution in [0, 0.1) is 0 Å². The Morgan fingerprint density at radius 2 is 2.00 bits per heavy atom. The summed E-state index contributed by atoms with van der Waals surface area (Å²) in [7, 11) is -3.44. The number of rotatable bonds is 5. The Bertz CT molecular complexity index is 459. The van der Waals surface area contributed by atoms with Gasteiger partial charge in [-0.2, -0.15) is 0 Å². The van der Waals surface area contributed by atoms with Crippen molar-refractivity contribution >= 4 is 21.7 Å². The van der Waals surface area contributed by atoms with Gasteiger partial charge in [0.05, 0.1) is 5.75 Å². The molecule has 0 aliphatic carbocycles. The number of sulfone groups is 1. The number of carbonyl (C=O) groups is 2. The van der Waals surface area contributed by atoms with Crippen LogP contribution in [0.5, 0.6) is 0 Å². The minimum absolute atomic E-state index is 0.00263. The Hall–Kier alpha value is -1.11. The molecular weight excluding hydrogens is 270 g/mol. The van der Waals surface area contributed by atoms with Crippen molar-refractivity contribution < 1.29 is 23.1 Å². The van der Waals surface area contributed by atoms with Gasteiger partial charge in [-0.05, 0) is 26.2 Å². The van der Waals surface area contributed by atoms with Crippen molar-refractivity contribution in [3.8, 4) is 0 Å². The molecule has 0 radical (unpaired) electrons. The van der Waals surface area contributed by atoms with Crippen LogP contribution in [0.15, 0.2) is 0 Å². The van der Waals surface area contributed by atoms with Crippen molar-refractivity contribution in [1.29, 1.82) is 0 Å². The highest BCUT2D eigenvalue weighted by atomic mass is 32.2. The van der Waals surface area contributed by atoms with E-state index in [0.717, 1.165) is 0 Å². The molecule has 2 atom stereocenters. The minimum Gasteiger partial charge on any atom is -0.480 e. The van der Waals surface area contributed by atoms with Gasteiger partial charge in [0.1, 0.15) is 10.8 Å². The van der Waals surface area contributed by atoms with Crippen molar-refractivity contribution in [1.82, 2.24) is 5.32 Å². The lowest BCUT2D eigenvalue weighted by Crippen LogP contribution is -2.56. The van der Waals surface area contributed by atoms with Gasteiger partial charge in [0.25, 0.3) is 0 Å². The molecular formula is C12H21NO5S. The highest BCUT2D eigenvalue weighted by Gasteiger charge is 2.40. The van der Waals surface area contributed by atoms with Crippen molar-refractivity contribution in [2.24, 2.45) is 0 Å². The summed E-state index contributed by atoms with van der Waals surface area (Å²) < 4.78 is 23.7. The van der Waals surface area contributed by atoms with Gasteiger partial charge in [-0.1, -0.05) is 19.8 Å². The lowest BCUT2D eigenvalue weighted by Gasteiger charge is -2.29. The molecule has 6 nitrogen and oxygen atoms in total.